The normalized spacial score (nSPS) is 50.6. The minimum Gasteiger partial charge on any atom is -0.394 e. The highest BCUT2D eigenvalue weighted by molar-refractivity contribution is 5.27. The van der Waals surface area contributed by atoms with Gasteiger partial charge in [0, 0.05) is 0 Å². The van der Waals surface area contributed by atoms with Crippen molar-refractivity contribution in [1.29, 1.82) is 0 Å². The molecule has 4 saturated carbocycles. The maximum atomic E-state index is 10.4. The van der Waals surface area contributed by atoms with Crippen LogP contribution in [0.4, 0.5) is 0 Å². The topological polar surface area (TPSA) is 80.9 Å². The van der Waals surface area contributed by atoms with Crippen LogP contribution in [-0.2, 0) is 0 Å². The number of aliphatic hydroxyl groups is 4. The molecule has 0 aromatic heterocycles. The zero-order valence-corrected chi connectivity index (χ0v) is 27.0. The first-order valence-corrected chi connectivity index (χ1v) is 16.9. The molecule has 14 atom stereocenters. The summed E-state index contributed by atoms with van der Waals surface area (Å²) < 4.78 is 0. The first-order chi connectivity index (χ1) is 18.6. The number of hydrogen-bond acceptors (Lipinski definition) is 4. The van der Waals surface area contributed by atoms with Gasteiger partial charge in [0.1, 0.15) is 12.2 Å². The summed E-state index contributed by atoms with van der Waals surface area (Å²) in [7, 11) is 0. The largest absolute Gasteiger partial charge is 0.394 e. The van der Waals surface area contributed by atoms with Crippen molar-refractivity contribution in [3.05, 3.63) is 12.2 Å². The minimum absolute atomic E-state index is 0.253. The highest BCUT2D eigenvalue weighted by Crippen LogP contribution is 2.77. The molecule has 4 nitrogen and oxygen atoms in total. The summed E-state index contributed by atoms with van der Waals surface area (Å²) in [4.78, 5) is 0. The molecular formula is C36H62O4. The van der Waals surface area contributed by atoms with E-state index in [2.05, 4.69) is 67.5 Å². The quantitative estimate of drug-likeness (QED) is 0.254. The van der Waals surface area contributed by atoms with Gasteiger partial charge >= 0.3 is 0 Å². The second kappa shape index (κ2) is 10.3. The lowest BCUT2D eigenvalue weighted by atomic mass is 9.33. The van der Waals surface area contributed by atoms with E-state index in [1.807, 2.05) is 0 Å². The Kier molecular flexibility index (Phi) is 8.02. The van der Waals surface area contributed by atoms with Gasteiger partial charge in [0.15, 0.2) is 0 Å². The molecular weight excluding hydrogens is 496 g/mol. The molecule has 0 aliphatic heterocycles. The average Bonchev–Trinajstić information content (AvgIpc) is 3.26. The van der Waals surface area contributed by atoms with E-state index < -0.39 is 24.9 Å². The summed E-state index contributed by atoms with van der Waals surface area (Å²) in [5.74, 6) is 4.86. The molecule has 4 N–H and O–H groups in total. The van der Waals surface area contributed by atoms with Crippen molar-refractivity contribution in [2.24, 2.45) is 68.5 Å². The number of rotatable bonds is 7. The number of allylic oxidation sites excluding steroid dienone is 2. The van der Waals surface area contributed by atoms with Crippen LogP contribution in [-0.4, -0.2) is 45.3 Å². The molecule has 5 rings (SSSR count). The Balaban J connectivity index is 1.35. The van der Waals surface area contributed by atoms with Crippen LogP contribution in [0.3, 0.4) is 0 Å². The van der Waals surface area contributed by atoms with E-state index in [0.717, 1.165) is 30.1 Å². The van der Waals surface area contributed by atoms with E-state index in [-0.39, 0.29) is 5.41 Å². The van der Waals surface area contributed by atoms with Gasteiger partial charge in [0.05, 0.1) is 12.7 Å². The van der Waals surface area contributed by atoms with Crippen molar-refractivity contribution in [3.63, 3.8) is 0 Å². The summed E-state index contributed by atoms with van der Waals surface area (Å²) >= 11 is 0. The van der Waals surface area contributed by atoms with Gasteiger partial charge in [-0.25, -0.2) is 0 Å². The zero-order chi connectivity index (χ0) is 29.5. The van der Waals surface area contributed by atoms with Crippen LogP contribution in [0.5, 0.6) is 0 Å². The molecule has 0 saturated heterocycles. The first-order valence-electron chi connectivity index (χ1n) is 16.9. The van der Waals surface area contributed by atoms with Gasteiger partial charge in [0.2, 0.25) is 0 Å². The lowest BCUT2D eigenvalue weighted by molar-refractivity contribution is -0.202. The van der Waals surface area contributed by atoms with E-state index in [9.17, 15) is 15.3 Å². The van der Waals surface area contributed by atoms with Crippen LogP contribution in [0, 0.1) is 68.5 Å². The summed E-state index contributed by atoms with van der Waals surface area (Å²) in [6, 6.07) is 0. The van der Waals surface area contributed by atoms with E-state index >= 15 is 0 Å². The third-order valence-electron chi connectivity index (χ3n) is 15.6. The number of aliphatic hydroxyl groups excluding tert-OH is 4. The Bertz CT molecular complexity index is 960. The smallest absolute Gasteiger partial charge is 0.108 e. The van der Waals surface area contributed by atoms with Crippen molar-refractivity contribution >= 4 is 0 Å². The van der Waals surface area contributed by atoms with E-state index in [0.29, 0.717) is 45.8 Å². The summed E-state index contributed by atoms with van der Waals surface area (Å²) in [5, 5.41) is 39.5. The maximum Gasteiger partial charge on any atom is 0.108 e. The molecule has 0 spiro atoms. The molecule has 0 aromatic rings. The highest BCUT2D eigenvalue weighted by Gasteiger charge is 2.69. The third-order valence-corrected chi connectivity index (χ3v) is 15.6. The summed E-state index contributed by atoms with van der Waals surface area (Å²) in [6.07, 6.45) is 14.0. The summed E-state index contributed by atoms with van der Waals surface area (Å²) in [5.41, 5.74) is 1.71. The molecule has 0 aromatic carbocycles. The molecule has 230 valence electrons. The third kappa shape index (κ3) is 4.27. The predicted molar refractivity (Wildman–Crippen MR) is 162 cm³/mol. The van der Waals surface area contributed by atoms with E-state index in [1.165, 1.54) is 51.4 Å². The van der Waals surface area contributed by atoms with Crippen LogP contribution >= 0.6 is 0 Å². The fourth-order valence-corrected chi connectivity index (χ4v) is 12.6. The maximum absolute atomic E-state index is 10.4. The fraction of sp³-hybridized carbons (Fsp3) is 0.944. The van der Waals surface area contributed by atoms with Crippen molar-refractivity contribution in [1.82, 2.24) is 0 Å². The minimum atomic E-state index is -1.28. The monoisotopic (exact) mass is 558 g/mol. The Labute approximate surface area is 245 Å². The molecule has 4 heteroatoms. The molecule has 5 aliphatic rings. The number of fused-ring (bicyclic) bond motifs is 7. The SMILES string of the molecule is C[C@H](CC[C@@H](O)[C@@H](O)[C@H](O)CO)[C@H]1CC[C@]2(C)[C@H]3CC[C@H]4[C@@]5(C)CC[C@H](C)C(C)(C)[C@H]5C=C[C@@]4(C)[C@]3(C)CC[C@@H]12. The Morgan fingerprint density at radius 3 is 2.10 bits per heavy atom. The second-order valence-electron chi connectivity index (χ2n) is 17.2. The average molecular weight is 559 g/mol. The summed E-state index contributed by atoms with van der Waals surface area (Å²) in [6.45, 7) is 20.1. The van der Waals surface area contributed by atoms with Gasteiger partial charge in [-0.3, -0.25) is 0 Å². The highest BCUT2D eigenvalue weighted by atomic mass is 16.4. The van der Waals surface area contributed by atoms with E-state index in [4.69, 9.17) is 5.11 Å². The Morgan fingerprint density at radius 1 is 0.775 bits per heavy atom. The molecule has 0 amide bonds. The van der Waals surface area contributed by atoms with Gasteiger partial charge in [-0.15, -0.1) is 0 Å². The molecule has 0 heterocycles. The lowest BCUT2D eigenvalue weighted by Crippen LogP contribution is -2.64. The van der Waals surface area contributed by atoms with Gasteiger partial charge in [0.25, 0.3) is 0 Å². The van der Waals surface area contributed by atoms with Crippen LogP contribution in [0.25, 0.3) is 0 Å². The molecule has 0 unspecified atom stereocenters. The molecule has 40 heavy (non-hydrogen) atoms. The van der Waals surface area contributed by atoms with Crippen molar-refractivity contribution in [2.75, 3.05) is 6.61 Å². The van der Waals surface area contributed by atoms with Crippen LogP contribution in [0.15, 0.2) is 12.2 Å². The standard InChI is InChI=1S/C36H62O4/c1-22(9-10-26(38)31(40)27(39)21-37)24-14-18-33(5)25(24)15-19-35(7)29(33)11-12-30-34(6)17-13-23(2)32(3,4)28(34)16-20-36(30,35)8/h16,20,22-31,37-40H,9-15,17-19,21H2,1-8H3/t22-,23+,24-,25+,26-,27-,28-,29-,30+,31-,33+,34+,35-,36-/m1/s1. The second-order valence-corrected chi connectivity index (χ2v) is 17.2. The van der Waals surface area contributed by atoms with Gasteiger partial charge < -0.3 is 20.4 Å². The Morgan fingerprint density at radius 2 is 1.43 bits per heavy atom. The van der Waals surface area contributed by atoms with Gasteiger partial charge in [-0.05, 0) is 133 Å². The zero-order valence-electron chi connectivity index (χ0n) is 27.0. The van der Waals surface area contributed by atoms with Crippen molar-refractivity contribution in [2.45, 2.75) is 138 Å². The molecule has 5 aliphatic carbocycles. The van der Waals surface area contributed by atoms with Crippen LogP contribution in [0.2, 0.25) is 0 Å². The van der Waals surface area contributed by atoms with Crippen LogP contribution in [0.1, 0.15) is 120 Å². The van der Waals surface area contributed by atoms with Crippen molar-refractivity contribution < 1.29 is 20.4 Å². The molecule has 0 bridgehead atoms. The fourth-order valence-electron chi connectivity index (χ4n) is 12.6. The number of hydrogen-bond donors (Lipinski definition) is 4. The molecule has 0 radical (unpaired) electrons. The van der Waals surface area contributed by atoms with E-state index in [1.54, 1.807) is 0 Å². The van der Waals surface area contributed by atoms with Crippen LogP contribution < -0.4 is 0 Å². The van der Waals surface area contributed by atoms with Gasteiger partial charge in [-0.2, -0.15) is 0 Å². The molecule has 4 fully saturated rings. The lowest BCUT2D eigenvalue weighted by Gasteiger charge is -2.71. The Hall–Kier alpha value is -0.420. The predicted octanol–water partition coefficient (Wildman–Crippen LogP) is 6.99. The van der Waals surface area contributed by atoms with Gasteiger partial charge in [-0.1, -0.05) is 67.5 Å². The first kappa shape index (κ1) is 31.0. The van der Waals surface area contributed by atoms with Crippen molar-refractivity contribution in [3.8, 4) is 0 Å².